The number of amides is 1. The summed E-state index contributed by atoms with van der Waals surface area (Å²) in [6, 6.07) is 4.77. The molecule has 0 atom stereocenters. The number of benzene rings is 1. The van der Waals surface area contributed by atoms with Crippen LogP contribution in [0.4, 0.5) is 0 Å². The minimum absolute atomic E-state index is 0.0157. The van der Waals surface area contributed by atoms with E-state index < -0.39 is 10.0 Å². The number of morpholine rings is 1. The van der Waals surface area contributed by atoms with Crippen LogP contribution in [0.2, 0.25) is 0 Å². The molecule has 1 heterocycles. The lowest BCUT2D eigenvalue weighted by Crippen LogP contribution is -2.38. The molecule has 1 saturated carbocycles. The lowest BCUT2D eigenvalue weighted by atomic mass is 9.96. The number of nitrogens with one attached hydrogen (secondary N) is 2. The lowest BCUT2D eigenvalue weighted by molar-refractivity contribution is -0.123. The van der Waals surface area contributed by atoms with Crippen molar-refractivity contribution >= 4 is 15.9 Å². The second-order valence-corrected chi connectivity index (χ2v) is 10.0. The third-order valence-corrected chi connectivity index (χ3v) is 7.34. The van der Waals surface area contributed by atoms with Crippen LogP contribution in [0.5, 0.6) is 5.75 Å². The average molecular weight is 454 g/mol. The number of hydrogen-bond acceptors (Lipinski definition) is 6. The van der Waals surface area contributed by atoms with Crippen LogP contribution in [0, 0.1) is 6.92 Å². The Kier molecular flexibility index (Phi) is 9.13. The number of nitrogens with zero attached hydrogens (tertiary/aromatic N) is 1. The van der Waals surface area contributed by atoms with Crippen LogP contribution in [0.1, 0.15) is 44.1 Å². The highest BCUT2D eigenvalue weighted by Crippen LogP contribution is 2.24. The van der Waals surface area contributed by atoms with Gasteiger partial charge in [-0.15, -0.1) is 0 Å². The van der Waals surface area contributed by atoms with E-state index in [4.69, 9.17) is 9.47 Å². The fourth-order valence-corrected chi connectivity index (χ4v) is 5.40. The fraction of sp³-hybridized carbons (Fsp3) is 0.682. The monoisotopic (exact) mass is 453 g/mol. The van der Waals surface area contributed by atoms with Crippen molar-refractivity contribution in [2.75, 3.05) is 46.0 Å². The van der Waals surface area contributed by atoms with Gasteiger partial charge in [-0.3, -0.25) is 9.69 Å². The number of aryl methyl sites for hydroxylation is 1. The maximum absolute atomic E-state index is 12.7. The van der Waals surface area contributed by atoms with Crippen LogP contribution in [0.3, 0.4) is 0 Å². The van der Waals surface area contributed by atoms with Crippen LogP contribution in [-0.2, 0) is 19.6 Å². The molecule has 0 bridgehead atoms. The van der Waals surface area contributed by atoms with Gasteiger partial charge in [0.05, 0.1) is 18.1 Å². The smallest absolute Gasteiger partial charge is 0.257 e. The Morgan fingerprint density at radius 2 is 1.94 bits per heavy atom. The van der Waals surface area contributed by atoms with E-state index in [0.29, 0.717) is 17.9 Å². The Labute approximate surface area is 185 Å². The number of ether oxygens (including phenoxy) is 2. The maximum Gasteiger partial charge on any atom is 0.257 e. The molecule has 3 rings (SSSR count). The molecule has 0 unspecified atom stereocenters. The van der Waals surface area contributed by atoms with E-state index >= 15 is 0 Å². The Bertz CT molecular complexity index is 818. The Balaban J connectivity index is 1.41. The van der Waals surface area contributed by atoms with Crippen molar-refractivity contribution in [3.8, 4) is 5.75 Å². The quantitative estimate of drug-likeness (QED) is 0.525. The predicted octanol–water partition coefficient (Wildman–Crippen LogP) is 1.82. The van der Waals surface area contributed by atoms with E-state index in [2.05, 4.69) is 14.9 Å². The molecule has 2 aliphatic rings. The van der Waals surface area contributed by atoms with Gasteiger partial charge in [0.25, 0.3) is 5.91 Å². The van der Waals surface area contributed by atoms with Crippen LogP contribution >= 0.6 is 0 Å². The van der Waals surface area contributed by atoms with E-state index in [1.165, 1.54) is 12.5 Å². The van der Waals surface area contributed by atoms with Crippen LogP contribution in [0.25, 0.3) is 0 Å². The van der Waals surface area contributed by atoms with E-state index in [-0.39, 0.29) is 23.5 Å². The number of carbonyl (C=O) groups excluding carboxylic acids is 1. The molecule has 1 amide bonds. The summed E-state index contributed by atoms with van der Waals surface area (Å²) in [6.45, 7) is 6.67. The first-order valence-corrected chi connectivity index (χ1v) is 12.7. The topological polar surface area (TPSA) is 97.0 Å². The largest absolute Gasteiger partial charge is 0.484 e. The summed E-state index contributed by atoms with van der Waals surface area (Å²) in [5.74, 6) is 0.331. The van der Waals surface area contributed by atoms with Crippen molar-refractivity contribution in [2.24, 2.45) is 0 Å². The molecular formula is C22H35N3O5S. The van der Waals surface area contributed by atoms with Crippen molar-refractivity contribution in [3.05, 3.63) is 23.8 Å². The van der Waals surface area contributed by atoms with Gasteiger partial charge in [0.15, 0.2) is 6.61 Å². The normalized spacial score (nSPS) is 18.6. The molecule has 2 N–H and O–H groups in total. The first-order valence-electron chi connectivity index (χ1n) is 11.3. The zero-order valence-electron chi connectivity index (χ0n) is 18.4. The summed E-state index contributed by atoms with van der Waals surface area (Å²) in [7, 11) is -3.55. The highest BCUT2D eigenvalue weighted by atomic mass is 32.2. The molecule has 0 spiro atoms. The Morgan fingerprint density at radius 1 is 1.19 bits per heavy atom. The molecule has 2 fully saturated rings. The average Bonchev–Trinajstić information content (AvgIpc) is 2.77. The molecule has 31 heavy (non-hydrogen) atoms. The van der Waals surface area contributed by atoms with Gasteiger partial charge < -0.3 is 14.8 Å². The highest BCUT2D eigenvalue weighted by Gasteiger charge is 2.22. The SMILES string of the molecule is Cc1cc(S(=O)(=O)NC2CCCCC2)ccc1OCC(=O)NCCCN1CCOCC1. The molecule has 1 aliphatic carbocycles. The van der Waals surface area contributed by atoms with Gasteiger partial charge in [-0.05, 0) is 56.5 Å². The van der Waals surface area contributed by atoms with E-state index in [9.17, 15) is 13.2 Å². The van der Waals surface area contributed by atoms with Crippen molar-refractivity contribution in [3.63, 3.8) is 0 Å². The minimum Gasteiger partial charge on any atom is -0.484 e. The van der Waals surface area contributed by atoms with E-state index in [1.54, 1.807) is 19.1 Å². The summed E-state index contributed by atoms with van der Waals surface area (Å²) in [4.78, 5) is 14.6. The summed E-state index contributed by atoms with van der Waals surface area (Å²) in [6.07, 6.45) is 5.96. The molecule has 1 saturated heterocycles. The van der Waals surface area contributed by atoms with Crippen LogP contribution in [-0.4, -0.2) is 71.3 Å². The summed E-state index contributed by atoms with van der Waals surface area (Å²) in [5, 5.41) is 2.87. The minimum atomic E-state index is -3.55. The number of sulfonamides is 1. The molecule has 8 nitrogen and oxygen atoms in total. The maximum atomic E-state index is 12.7. The molecule has 0 aromatic heterocycles. The van der Waals surface area contributed by atoms with Crippen molar-refractivity contribution in [1.29, 1.82) is 0 Å². The zero-order chi connectivity index (χ0) is 22.1. The molecular weight excluding hydrogens is 418 g/mol. The summed E-state index contributed by atoms with van der Waals surface area (Å²) >= 11 is 0. The lowest BCUT2D eigenvalue weighted by Gasteiger charge is -2.26. The van der Waals surface area contributed by atoms with Gasteiger partial charge in [-0.2, -0.15) is 0 Å². The molecule has 174 valence electrons. The standard InChI is InChI=1S/C22H35N3O5S/c1-18-16-20(31(27,28)24-19-6-3-2-4-7-19)8-9-21(18)30-17-22(26)23-10-5-11-25-12-14-29-15-13-25/h8-9,16,19,24H,2-7,10-15,17H2,1H3,(H,23,26). The van der Waals surface area contributed by atoms with E-state index in [0.717, 1.165) is 65.0 Å². The van der Waals surface area contributed by atoms with Gasteiger partial charge in [0, 0.05) is 25.7 Å². The second kappa shape index (κ2) is 11.8. The van der Waals surface area contributed by atoms with Crippen LogP contribution in [0.15, 0.2) is 23.1 Å². The van der Waals surface area contributed by atoms with E-state index in [1.807, 2.05) is 0 Å². The van der Waals surface area contributed by atoms with Gasteiger partial charge >= 0.3 is 0 Å². The first-order chi connectivity index (χ1) is 14.9. The predicted molar refractivity (Wildman–Crippen MR) is 119 cm³/mol. The third kappa shape index (κ3) is 7.75. The Morgan fingerprint density at radius 3 is 2.65 bits per heavy atom. The summed E-state index contributed by atoms with van der Waals surface area (Å²) in [5.41, 5.74) is 0.687. The van der Waals surface area contributed by atoms with Gasteiger partial charge in [-0.25, -0.2) is 13.1 Å². The summed E-state index contributed by atoms with van der Waals surface area (Å²) < 4.78 is 39.1. The Hall–Kier alpha value is -1.68. The van der Waals surface area contributed by atoms with Crippen molar-refractivity contribution in [1.82, 2.24) is 14.9 Å². The zero-order valence-corrected chi connectivity index (χ0v) is 19.2. The second-order valence-electron chi connectivity index (χ2n) is 8.33. The number of rotatable bonds is 10. The highest BCUT2D eigenvalue weighted by molar-refractivity contribution is 7.89. The van der Waals surface area contributed by atoms with Crippen molar-refractivity contribution in [2.45, 2.75) is 56.4 Å². The third-order valence-electron chi connectivity index (χ3n) is 5.82. The van der Waals surface area contributed by atoms with Crippen LogP contribution < -0.4 is 14.8 Å². The van der Waals surface area contributed by atoms with Gasteiger partial charge in [0.2, 0.25) is 10.0 Å². The van der Waals surface area contributed by atoms with Gasteiger partial charge in [0.1, 0.15) is 5.75 Å². The molecule has 1 aliphatic heterocycles. The molecule has 1 aromatic carbocycles. The van der Waals surface area contributed by atoms with Gasteiger partial charge in [-0.1, -0.05) is 19.3 Å². The number of hydrogen-bond donors (Lipinski definition) is 2. The number of carbonyl (C=O) groups is 1. The van der Waals surface area contributed by atoms with Crippen molar-refractivity contribution < 1.29 is 22.7 Å². The molecule has 9 heteroatoms. The molecule has 1 aromatic rings. The first kappa shape index (κ1) is 24.0. The molecule has 0 radical (unpaired) electrons. The fourth-order valence-electron chi connectivity index (χ4n) is 4.01.